The average Bonchev–Trinajstić information content (AvgIpc) is 3.08. The second-order valence-corrected chi connectivity index (χ2v) is 6.75. The number of ether oxygens (including phenoxy) is 1. The van der Waals surface area contributed by atoms with Crippen molar-refractivity contribution in [2.24, 2.45) is 0 Å². The molecular weight excluding hydrogens is 312 g/mol. The monoisotopic (exact) mass is 331 g/mol. The van der Waals surface area contributed by atoms with Gasteiger partial charge in [0.2, 0.25) is 0 Å². The van der Waals surface area contributed by atoms with E-state index in [1.165, 1.54) is 14.1 Å². The third-order valence-corrected chi connectivity index (χ3v) is 4.72. The van der Waals surface area contributed by atoms with Crippen LogP contribution in [0.5, 0.6) is 5.75 Å². The molecule has 0 spiro atoms. The molecule has 0 bridgehead atoms. The number of aromatic nitrogens is 1. The second kappa shape index (κ2) is 5.81. The fourth-order valence-electron chi connectivity index (χ4n) is 2.36. The number of fused-ring (bicyclic) bond motifs is 1. The SMILES string of the molecule is COc1ccc(-c2cc3scc(CC(=O)[N+](C)(C)O)n3c2)cc1. The molecule has 0 fully saturated rings. The lowest BCUT2D eigenvalue weighted by Gasteiger charge is -2.15. The van der Waals surface area contributed by atoms with Gasteiger partial charge >= 0.3 is 5.91 Å². The van der Waals surface area contributed by atoms with Crippen LogP contribution in [0.3, 0.4) is 0 Å². The lowest BCUT2D eigenvalue weighted by Crippen LogP contribution is -2.43. The van der Waals surface area contributed by atoms with Crippen molar-refractivity contribution in [3.05, 3.63) is 47.6 Å². The van der Waals surface area contributed by atoms with Crippen molar-refractivity contribution in [1.29, 1.82) is 0 Å². The molecule has 0 atom stereocenters. The molecule has 0 aliphatic carbocycles. The van der Waals surface area contributed by atoms with Crippen molar-refractivity contribution in [1.82, 2.24) is 4.40 Å². The largest absolute Gasteiger partial charge is 0.497 e. The number of carbonyl (C=O) groups excluding carboxylic acids is 1. The van der Waals surface area contributed by atoms with Crippen LogP contribution in [-0.2, 0) is 11.2 Å². The van der Waals surface area contributed by atoms with Crippen molar-refractivity contribution < 1.29 is 19.4 Å². The Morgan fingerprint density at radius 3 is 2.57 bits per heavy atom. The molecule has 3 aromatic rings. The number of nitrogens with zero attached hydrogens (tertiary/aromatic N) is 2. The summed E-state index contributed by atoms with van der Waals surface area (Å²) < 4.78 is 6.53. The Morgan fingerprint density at radius 2 is 1.96 bits per heavy atom. The summed E-state index contributed by atoms with van der Waals surface area (Å²) in [5.74, 6) is 0.577. The van der Waals surface area contributed by atoms with Crippen molar-refractivity contribution in [3.8, 4) is 16.9 Å². The Morgan fingerprint density at radius 1 is 1.26 bits per heavy atom. The summed E-state index contributed by atoms with van der Waals surface area (Å²) in [7, 11) is 4.57. The van der Waals surface area contributed by atoms with E-state index in [1.54, 1.807) is 18.4 Å². The maximum atomic E-state index is 12.0. The van der Waals surface area contributed by atoms with Crippen LogP contribution in [0.15, 0.2) is 41.9 Å². The minimum absolute atomic E-state index is 0.195. The molecule has 0 saturated carbocycles. The number of likely N-dealkylation sites (N-methyl/N-ethyl adjacent to an activating group) is 1. The fourth-order valence-corrected chi connectivity index (χ4v) is 3.29. The summed E-state index contributed by atoms with van der Waals surface area (Å²) >= 11 is 1.59. The molecule has 120 valence electrons. The minimum Gasteiger partial charge on any atom is -0.497 e. The van der Waals surface area contributed by atoms with Gasteiger partial charge in [0, 0.05) is 22.8 Å². The normalized spacial score (nSPS) is 11.8. The van der Waals surface area contributed by atoms with Crippen molar-refractivity contribution in [3.63, 3.8) is 0 Å². The maximum absolute atomic E-state index is 12.0. The Balaban J connectivity index is 1.92. The molecule has 0 radical (unpaired) electrons. The molecule has 6 heteroatoms. The molecule has 0 saturated heterocycles. The van der Waals surface area contributed by atoms with Crippen LogP contribution >= 0.6 is 11.3 Å². The van der Waals surface area contributed by atoms with Crippen LogP contribution in [0, 0.1) is 0 Å². The highest BCUT2D eigenvalue weighted by Crippen LogP contribution is 2.28. The summed E-state index contributed by atoms with van der Waals surface area (Å²) in [6.45, 7) is 0. The summed E-state index contributed by atoms with van der Waals surface area (Å²) in [5, 5.41) is 11.7. The number of amides is 1. The van der Waals surface area contributed by atoms with E-state index >= 15 is 0 Å². The van der Waals surface area contributed by atoms with Crippen LogP contribution in [0.1, 0.15) is 5.69 Å². The predicted octanol–water partition coefficient (Wildman–Crippen LogP) is 3.21. The molecule has 2 aromatic heterocycles. The van der Waals surface area contributed by atoms with E-state index in [1.807, 2.05) is 40.2 Å². The Hall–Kier alpha value is -2.15. The number of hydrogen-bond donors (Lipinski definition) is 1. The quantitative estimate of drug-likeness (QED) is 0.454. The second-order valence-electron chi connectivity index (χ2n) is 5.86. The lowest BCUT2D eigenvalue weighted by molar-refractivity contribution is -1.01. The summed E-state index contributed by atoms with van der Waals surface area (Å²) in [6, 6.07) is 9.97. The van der Waals surface area contributed by atoms with Gasteiger partial charge in [-0.25, -0.2) is 10.0 Å². The molecule has 0 aliphatic rings. The van der Waals surface area contributed by atoms with Gasteiger partial charge in [-0.15, -0.1) is 16.0 Å². The van der Waals surface area contributed by atoms with Gasteiger partial charge in [0.15, 0.2) is 0 Å². The van der Waals surface area contributed by atoms with Crippen molar-refractivity contribution in [2.45, 2.75) is 6.42 Å². The zero-order chi connectivity index (χ0) is 16.6. The molecule has 1 aromatic carbocycles. The van der Waals surface area contributed by atoms with Crippen molar-refractivity contribution in [2.75, 3.05) is 21.2 Å². The maximum Gasteiger partial charge on any atom is 0.351 e. The number of methoxy groups -OCH3 is 1. The average molecular weight is 331 g/mol. The zero-order valence-corrected chi connectivity index (χ0v) is 14.1. The Labute approximate surface area is 138 Å². The van der Waals surface area contributed by atoms with E-state index in [-0.39, 0.29) is 12.3 Å². The molecule has 23 heavy (non-hydrogen) atoms. The zero-order valence-electron chi connectivity index (χ0n) is 13.3. The number of benzene rings is 1. The topological polar surface area (TPSA) is 50.9 Å². The first-order chi connectivity index (χ1) is 10.9. The van der Waals surface area contributed by atoms with E-state index in [4.69, 9.17) is 4.74 Å². The molecule has 1 N–H and O–H groups in total. The van der Waals surface area contributed by atoms with Crippen LogP contribution in [0.25, 0.3) is 16.0 Å². The van der Waals surface area contributed by atoms with Crippen LogP contribution in [0.4, 0.5) is 0 Å². The smallest absolute Gasteiger partial charge is 0.351 e. The number of hydroxylamine groups is 3. The number of carbonyl (C=O) groups is 1. The number of quaternary nitrogens is 1. The fraction of sp³-hybridized carbons (Fsp3) is 0.235. The van der Waals surface area contributed by atoms with Gasteiger partial charge in [-0.2, -0.15) is 0 Å². The van der Waals surface area contributed by atoms with Crippen LogP contribution in [0.2, 0.25) is 0 Å². The third kappa shape index (κ3) is 3.14. The first-order valence-electron chi connectivity index (χ1n) is 7.21. The molecule has 2 heterocycles. The predicted molar refractivity (Wildman–Crippen MR) is 89.9 cm³/mol. The highest BCUT2D eigenvalue weighted by Gasteiger charge is 2.25. The highest BCUT2D eigenvalue weighted by atomic mass is 32.1. The van der Waals surface area contributed by atoms with Gasteiger partial charge in [0.1, 0.15) is 26.3 Å². The number of rotatable bonds is 4. The van der Waals surface area contributed by atoms with Crippen LogP contribution in [-0.4, -0.2) is 41.4 Å². The van der Waals surface area contributed by atoms with Gasteiger partial charge in [-0.1, -0.05) is 12.1 Å². The van der Waals surface area contributed by atoms with Crippen molar-refractivity contribution >= 4 is 22.1 Å². The van der Waals surface area contributed by atoms with E-state index in [0.29, 0.717) is 0 Å². The van der Waals surface area contributed by atoms with E-state index in [0.717, 1.165) is 27.4 Å². The van der Waals surface area contributed by atoms with Gasteiger partial charge in [-0.3, -0.25) is 0 Å². The van der Waals surface area contributed by atoms with E-state index < -0.39 is 4.65 Å². The first kappa shape index (κ1) is 15.7. The third-order valence-electron chi connectivity index (χ3n) is 3.78. The summed E-state index contributed by atoms with van der Waals surface area (Å²) in [6.07, 6.45) is 2.22. The lowest BCUT2D eigenvalue weighted by atomic mass is 10.1. The van der Waals surface area contributed by atoms with Gasteiger partial charge in [0.05, 0.1) is 11.9 Å². The Bertz CT molecular complexity index is 841. The van der Waals surface area contributed by atoms with E-state index in [9.17, 15) is 10.0 Å². The molecule has 1 amide bonds. The Kier molecular flexibility index (Phi) is 3.97. The number of thiazole rings is 1. The molecule has 3 rings (SSSR count). The summed E-state index contributed by atoms with van der Waals surface area (Å²) in [4.78, 5) is 13.1. The van der Waals surface area contributed by atoms with Gasteiger partial charge < -0.3 is 9.14 Å². The molecule has 5 nitrogen and oxygen atoms in total. The minimum atomic E-state index is -0.663. The van der Waals surface area contributed by atoms with Gasteiger partial charge in [-0.05, 0) is 23.8 Å². The van der Waals surface area contributed by atoms with Crippen LogP contribution < -0.4 is 4.74 Å². The summed E-state index contributed by atoms with van der Waals surface area (Å²) in [5.41, 5.74) is 3.07. The first-order valence-corrected chi connectivity index (χ1v) is 8.09. The molecule has 0 aliphatic heterocycles. The highest BCUT2D eigenvalue weighted by molar-refractivity contribution is 7.15. The molecular formula is C17H19N2O3S+. The standard InChI is InChI=1S/C17H19N2O3S/c1-19(2,21)17(20)9-14-11-23-16-8-13(10-18(14)16)12-4-6-15(22-3)7-5-12/h4-8,10-11,21H,9H2,1-3H3/q+1. The van der Waals surface area contributed by atoms with E-state index in [2.05, 4.69) is 6.07 Å². The van der Waals surface area contributed by atoms with Gasteiger partial charge in [0.25, 0.3) is 0 Å². The molecule has 0 unspecified atom stereocenters. The number of hydrogen-bond acceptors (Lipinski definition) is 4.